The Labute approximate surface area is 89.5 Å². The Morgan fingerprint density at radius 1 is 1.43 bits per heavy atom. The molecule has 0 atom stereocenters. The molecular weight excluding hydrogens is 242 g/mol. The summed E-state index contributed by atoms with van der Waals surface area (Å²) >= 11 is 3.21. The molecule has 0 saturated carbocycles. The summed E-state index contributed by atoms with van der Waals surface area (Å²) in [6, 6.07) is 7.86. The number of benzene rings is 1. The van der Waals surface area contributed by atoms with Crippen molar-refractivity contribution in [3.8, 4) is 6.07 Å². The first kappa shape index (κ1) is 9.10. The van der Waals surface area contributed by atoms with Crippen molar-refractivity contribution in [2.75, 3.05) is 0 Å². The average Bonchev–Trinajstić information content (AvgIpc) is 2.17. The van der Waals surface area contributed by atoms with E-state index < -0.39 is 0 Å². The Bertz CT molecular complexity index is 516. The minimum absolute atomic E-state index is 0.414. The van der Waals surface area contributed by atoms with Crippen LogP contribution in [0.2, 0.25) is 0 Å². The van der Waals surface area contributed by atoms with E-state index in [1.54, 1.807) is 6.20 Å². The van der Waals surface area contributed by atoms with Crippen molar-refractivity contribution >= 4 is 26.8 Å². The fourth-order valence-electron chi connectivity index (χ4n) is 1.25. The third-order valence-corrected chi connectivity index (χ3v) is 2.28. The number of hydrogen-bond acceptors (Lipinski definition) is 3. The molecule has 0 amide bonds. The number of rotatable bonds is 1. The summed E-state index contributed by atoms with van der Waals surface area (Å²) in [6.07, 6.45) is 2.17. The van der Waals surface area contributed by atoms with Crippen LogP contribution in [0.4, 0.5) is 0 Å². The van der Waals surface area contributed by atoms with Crippen molar-refractivity contribution in [2.45, 2.75) is 6.42 Å². The smallest absolute Gasteiger partial charge is 0.197 e. The summed E-state index contributed by atoms with van der Waals surface area (Å²) in [6.45, 7) is 0. The van der Waals surface area contributed by atoms with E-state index in [9.17, 15) is 0 Å². The fraction of sp³-hybridized carbons (Fsp3) is 0.100. The number of nitrogens with zero attached hydrogens (tertiary/aromatic N) is 3. The second kappa shape index (κ2) is 3.72. The van der Waals surface area contributed by atoms with Gasteiger partial charge in [0.25, 0.3) is 0 Å². The van der Waals surface area contributed by atoms with Crippen LogP contribution in [-0.4, -0.2) is 9.97 Å². The van der Waals surface area contributed by atoms with Gasteiger partial charge in [-0.2, -0.15) is 5.26 Å². The topological polar surface area (TPSA) is 49.6 Å². The Morgan fingerprint density at radius 3 is 3.07 bits per heavy atom. The number of hydrogen-bond donors (Lipinski definition) is 0. The van der Waals surface area contributed by atoms with Gasteiger partial charge in [0.15, 0.2) is 4.73 Å². The van der Waals surface area contributed by atoms with Crippen molar-refractivity contribution in [1.29, 1.82) is 5.26 Å². The lowest BCUT2D eigenvalue weighted by Gasteiger charge is -1.99. The van der Waals surface area contributed by atoms with Crippen molar-refractivity contribution < 1.29 is 0 Å². The normalized spacial score (nSPS) is 10.0. The van der Waals surface area contributed by atoms with E-state index >= 15 is 0 Å². The van der Waals surface area contributed by atoms with Crippen LogP contribution < -0.4 is 0 Å². The van der Waals surface area contributed by atoms with Gasteiger partial charge in [-0.25, -0.2) is 9.97 Å². The van der Waals surface area contributed by atoms with Gasteiger partial charge < -0.3 is 0 Å². The summed E-state index contributed by atoms with van der Waals surface area (Å²) < 4.78 is 0.569. The van der Waals surface area contributed by atoms with Crippen LogP contribution in [0.1, 0.15) is 5.56 Å². The first-order chi connectivity index (χ1) is 6.79. The van der Waals surface area contributed by atoms with Crippen LogP contribution in [0, 0.1) is 11.3 Å². The molecule has 0 aliphatic rings. The highest BCUT2D eigenvalue weighted by Gasteiger charge is 1.98. The van der Waals surface area contributed by atoms with E-state index in [2.05, 4.69) is 32.0 Å². The van der Waals surface area contributed by atoms with E-state index in [0.717, 1.165) is 16.5 Å². The first-order valence-corrected chi connectivity index (χ1v) is 4.87. The van der Waals surface area contributed by atoms with Crippen LogP contribution in [0.25, 0.3) is 10.9 Å². The van der Waals surface area contributed by atoms with Crippen molar-refractivity contribution in [3.63, 3.8) is 0 Å². The van der Waals surface area contributed by atoms with E-state index in [-0.39, 0.29) is 0 Å². The molecule has 0 radical (unpaired) electrons. The molecule has 0 unspecified atom stereocenters. The zero-order chi connectivity index (χ0) is 9.97. The van der Waals surface area contributed by atoms with Crippen LogP contribution >= 0.6 is 15.9 Å². The lowest BCUT2D eigenvalue weighted by atomic mass is 10.1. The van der Waals surface area contributed by atoms with Crippen LogP contribution in [0.3, 0.4) is 0 Å². The molecule has 0 fully saturated rings. The van der Waals surface area contributed by atoms with Gasteiger partial charge >= 0.3 is 0 Å². The molecule has 2 rings (SSSR count). The average molecular weight is 248 g/mol. The maximum Gasteiger partial charge on any atom is 0.197 e. The molecule has 0 saturated heterocycles. The third-order valence-electron chi connectivity index (χ3n) is 1.90. The highest BCUT2D eigenvalue weighted by molar-refractivity contribution is 9.10. The first-order valence-electron chi connectivity index (χ1n) is 4.08. The lowest BCUT2D eigenvalue weighted by Crippen LogP contribution is -1.87. The van der Waals surface area contributed by atoms with E-state index in [1.807, 2.05) is 18.2 Å². The molecule has 0 spiro atoms. The van der Waals surface area contributed by atoms with Gasteiger partial charge in [0.05, 0.1) is 18.0 Å². The van der Waals surface area contributed by atoms with Gasteiger partial charge in [-0.05, 0) is 27.6 Å². The molecule has 0 bridgehead atoms. The summed E-state index contributed by atoms with van der Waals surface area (Å²) in [5, 5.41) is 9.54. The van der Waals surface area contributed by atoms with Crippen molar-refractivity contribution in [2.24, 2.45) is 0 Å². The zero-order valence-electron chi connectivity index (χ0n) is 7.24. The van der Waals surface area contributed by atoms with Crippen molar-refractivity contribution in [3.05, 3.63) is 34.7 Å². The molecule has 0 aliphatic carbocycles. The zero-order valence-corrected chi connectivity index (χ0v) is 8.82. The quantitative estimate of drug-likeness (QED) is 0.728. The standard InChI is InChI=1S/C10H6BrN3/c11-10-13-6-8-2-1-7(3-4-12)5-9(8)14-10/h1-2,5-6H,3H2. The number of fused-ring (bicyclic) bond motifs is 1. The number of aromatic nitrogens is 2. The molecule has 1 aromatic heterocycles. The molecule has 4 heteroatoms. The summed E-state index contributed by atoms with van der Waals surface area (Å²) in [5.41, 5.74) is 1.84. The predicted molar refractivity (Wildman–Crippen MR) is 56.6 cm³/mol. The predicted octanol–water partition coefficient (Wildman–Crippen LogP) is 2.46. The fourth-order valence-corrected chi connectivity index (χ4v) is 1.54. The maximum absolute atomic E-state index is 8.55. The molecule has 1 heterocycles. The SMILES string of the molecule is N#CCc1ccc2cnc(Br)nc2c1. The molecule has 68 valence electrons. The van der Waals surface area contributed by atoms with Gasteiger partial charge in [0, 0.05) is 11.6 Å². The van der Waals surface area contributed by atoms with Crippen LogP contribution in [0.5, 0.6) is 0 Å². The minimum atomic E-state index is 0.414. The van der Waals surface area contributed by atoms with Gasteiger partial charge in [-0.15, -0.1) is 0 Å². The Kier molecular flexibility index (Phi) is 2.42. The monoisotopic (exact) mass is 247 g/mol. The highest BCUT2D eigenvalue weighted by atomic mass is 79.9. The Balaban J connectivity index is 2.59. The molecule has 2 aromatic rings. The van der Waals surface area contributed by atoms with Crippen molar-refractivity contribution in [1.82, 2.24) is 9.97 Å². The maximum atomic E-state index is 8.55. The number of nitriles is 1. The van der Waals surface area contributed by atoms with Gasteiger partial charge in [-0.1, -0.05) is 12.1 Å². The van der Waals surface area contributed by atoms with E-state index in [0.29, 0.717) is 11.2 Å². The van der Waals surface area contributed by atoms with Gasteiger partial charge in [0.1, 0.15) is 0 Å². The molecule has 0 N–H and O–H groups in total. The molecule has 3 nitrogen and oxygen atoms in total. The lowest BCUT2D eigenvalue weighted by molar-refractivity contribution is 1.15. The second-order valence-corrected chi connectivity index (χ2v) is 3.58. The molecule has 14 heavy (non-hydrogen) atoms. The second-order valence-electron chi connectivity index (χ2n) is 2.87. The van der Waals surface area contributed by atoms with E-state index in [4.69, 9.17) is 5.26 Å². The summed E-state index contributed by atoms with van der Waals surface area (Å²) in [7, 11) is 0. The van der Waals surface area contributed by atoms with Gasteiger partial charge in [0.2, 0.25) is 0 Å². The Morgan fingerprint density at radius 2 is 2.29 bits per heavy atom. The van der Waals surface area contributed by atoms with Gasteiger partial charge in [-0.3, -0.25) is 0 Å². The molecular formula is C10H6BrN3. The molecule has 0 aliphatic heterocycles. The minimum Gasteiger partial charge on any atom is -0.230 e. The molecule has 1 aromatic carbocycles. The van der Waals surface area contributed by atoms with Crippen LogP contribution in [-0.2, 0) is 6.42 Å². The Hall–Kier alpha value is -1.47. The largest absolute Gasteiger partial charge is 0.230 e. The summed E-state index contributed by atoms with van der Waals surface area (Å²) in [4.78, 5) is 8.24. The third kappa shape index (κ3) is 1.73. The van der Waals surface area contributed by atoms with Crippen LogP contribution in [0.15, 0.2) is 29.1 Å². The summed E-state index contributed by atoms with van der Waals surface area (Å²) in [5.74, 6) is 0. The van der Waals surface area contributed by atoms with E-state index in [1.165, 1.54) is 0 Å². The number of halogens is 1. The highest BCUT2D eigenvalue weighted by Crippen LogP contribution is 2.15.